The third-order valence-corrected chi connectivity index (χ3v) is 3.83. The second-order valence-corrected chi connectivity index (χ2v) is 5.86. The highest BCUT2D eigenvalue weighted by molar-refractivity contribution is 5.82. The van der Waals surface area contributed by atoms with Gasteiger partial charge in [0.1, 0.15) is 5.75 Å². The Hall–Kier alpha value is -3.91. The topological polar surface area (TPSA) is 63.0 Å². The van der Waals surface area contributed by atoms with Gasteiger partial charge in [-0.15, -0.1) is 6.42 Å². The van der Waals surface area contributed by atoms with E-state index in [-0.39, 0.29) is 12.5 Å². The molecule has 0 fully saturated rings. The fraction of sp³-hybridized carbons (Fsp3) is 0.0870. The molecule has 0 spiro atoms. The maximum atomic E-state index is 12.5. The van der Waals surface area contributed by atoms with Gasteiger partial charge < -0.3 is 10.1 Å². The van der Waals surface area contributed by atoms with Crippen LogP contribution in [0.5, 0.6) is 5.75 Å². The van der Waals surface area contributed by atoms with Crippen molar-refractivity contribution in [3.63, 3.8) is 0 Å². The molecule has 0 aromatic heterocycles. The minimum atomic E-state index is -0.800. The van der Waals surface area contributed by atoms with Crippen LogP contribution in [0.3, 0.4) is 0 Å². The van der Waals surface area contributed by atoms with Crippen molar-refractivity contribution in [2.24, 2.45) is 10.2 Å². The standard InChI is InChI=1S/C23H19N3O2/c1-2-17-24-23(27)22(18-9-5-3-6-10-18)28-21-15-13-20(14-16-21)26-25-19-11-7-4-8-12-19/h1,3-16,22H,17H2,(H,24,27)/t22-/m1/s1. The Kier molecular flexibility index (Phi) is 6.53. The SMILES string of the molecule is C#CCNC(=O)[C@H](Oc1ccc(N=Nc2ccccc2)cc1)c1ccccc1. The predicted octanol–water partition coefficient (Wildman–Crippen LogP) is 4.97. The molecular formula is C23H19N3O2. The van der Waals surface area contributed by atoms with Gasteiger partial charge in [-0.2, -0.15) is 10.2 Å². The van der Waals surface area contributed by atoms with E-state index in [1.165, 1.54) is 0 Å². The van der Waals surface area contributed by atoms with E-state index in [4.69, 9.17) is 11.2 Å². The zero-order valence-corrected chi connectivity index (χ0v) is 15.2. The van der Waals surface area contributed by atoms with Gasteiger partial charge in [-0.25, -0.2) is 0 Å². The zero-order chi connectivity index (χ0) is 19.6. The maximum Gasteiger partial charge on any atom is 0.266 e. The Bertz CT molecular complexity index is 962. The van der Waals surface area contributed by atoms with Crippen molar-refractivity contribution in [3.8, 4) is 18.1 Å². The summed E-state index contributed by atoms with van der Waals surface area (Å²) in [7, 11) is 0. The summed E-state index contributed by atoms with van der Waals surface area (Å²) in [6.45, 7) is 0.143. The van der Waals surface area contributed by atoms with E-state index >= 15 is 0 Å². The number of amides is 1. The van der Waals surface area contributed by atoms with Crippen LogP contribution in [-0.2, 0) is 4.79 Å². The summed E-state index contributed by atoms with van der Waals surface area (Å²) in [6.07, 6.45) is 4.43. The van der Waals surface area contributed by atoms with Crippen molar-refractivity contribution in [1.82, 2.24) is 5.32 Å². The lowest BCUT2D eigenvalue weighted by atomic mass is 10.1. The number of terminal acetylenes is 1. The summed E-state index contributed by atoms with van der Waals surface area (Å²) in [5, 5.41) is 11.0. The van der Waals surface area contributed by atoms with E-state index in [0.717, 1.165) is 11.3 Å². The smallest absolute Gasteiger partial charge is 0.266 e. The van der Waals surface area contributed by atoms with Gasteiger partial charge in [0.15, 0.2) is 0 Å². The van der Waals surface area contributed by atoms with Crippen LogP contribution >= 0.6 is 0 Å². The van der Waals surface area contributed by atoms with Gasteiger partial charge in [0.2, 0.25) is 6.10 Å². The first kappa shape index (κ1) is 18.9. The monoisotopic (exact) mass is 369 g/mol. The minimum absolute atomic E-state index is 0.143. The summed E-state index contributed by atoms with van der Waals surface area (Å²) in [6, 6.07) is 25.8. The molecule has 5 heteroatoms. The number of hydrogen-bond acceptors (Lipinski definition) is 4. The molecule has 0 bridgehead atoms. The van der Waals surface area contributed by atoms with E-state index in [9.17, 15) is 4.79 Å². The normalized spacial score (nSPS) is 11.5. The first-order valence-corrected chi connectivity index (χ1v) is 8.76. The van der Waals surface area contributed by atoms with Gasteiger partial charge in [-0.3, -0.25) is 4.79 Å². The Morgan fingerprint density at radius 2 is 1.46 bits per heavy atom. The Morgan fingerprint density at radius 3 is 2.07 bits per heavy atom. The van der Waals surface area contributed by atoms with Gasteiger partial charge in [-0.1, -0.05) is 54.5 Å². The molecule has 0 radical (unpaired) electrons. The summed E-state index contributed by atoms with van der Waals surface area (Å²) >= 11 is 0. The van der Waals surface area contributed by atoms with Crippen molar-refractivity contribution in [2.45, 2.75) is 6.10 Å². The third-order valence-electron chi connectivity index (χ3n) is 3.83. The molecule has 0 aliphatic carbocycles. The van der Waals surface area contributed by atoms with Crippen molar-refractivity contribution in [1.29, 1.82) is 0 Å². The average molecular weight is 369 g/mol. The second-order valence-electron chi connectivity index (χ2n) is 5.86. The quantitative estimate of drug-likeness (QED) is 0.472. The first-order valence-electron chi connectivity index (χ1n) is 8.76. The number of azo groups is 1. The van der Waals surface area contributed by atoms with Crippen LogP contribution in [0.1, 0.15) is 11.7 Å². The number of carbonyl (C=O) groups is 1. The molecule has 3 aromatic carbocycles. The van der Waals surface area contributed by atoms with Crippen molar-refractivity contribution in [2.75, 3.05) is 6.54 Å². The minimum Gasteiger partial charge on any atom is -0.476 e. The molecule has 0 aliphatic heterocycles. The molecule has 3 aromatic rings. The van der Waals surface area contributed by atoms with Crippen molar-refractivity contribution >= 4 is 17.3 Å². The molecule has 0 saturated carbocycles. The van der Waals surface area contributed by atoms with Crippen molar-refractivity contribution < 1.29 is 9.53 Å². The van der Waals surface area contributed by atoms with Crippen LogP contribution in [0.4, 0.5) is 11.4 Å². The Labute approximate surface area is 164 Å². The molecule has 1 atom stereocenters. The van der Waals surface area contributed by atoms with Gasteiger partial charge in [0, 0.05) is 5.56 Å². The number of nitrogens with one attached hydrogen (secondary N) is 1. The van der Waals surface area contributed by atoms with E-state index in [0.29, 0.717) is 11.4 Å². The molecular weight excluding hydrogens is 350 g/mol. The lowest BCUT2D eigenvalue weighted by Crippen LogP contribution is -2.32. The number of hydrogen-bond donors (Lipinski definition) is 1. The summed E-state index contributed by atoms with van der Waals surface area (Å²) in [4.78, 5) is 12.5. The summed E-state index contributed by atoms with van der Waals surface area (Å²) in [5.74, 6) is 2.64. The average Bonchev–Trinajstić information content (AvgIpc) is 2.76. The predicted molar refractivity (Wildman–Crippen MR) is 109 cm³/mol. The van der Waals surface area contributed by atoms with Gasteiger partial charge in [0.05, 0.1) is 17.9 Å². The van der Waals surface area contributed by atoms with Crippen LogP contribution in [0.2, 0.25) is 0 Å². The molecule has 0 heterocycles. The van der Waals surface area contributed by atoms with E-state index in [1.807, 2.05) is 60.7 Å². The maximum absolute atomic E-state index is 12.5. The number of carbonyl (C=O) groups excluding carboxylic acids is 1. The Balaban J connectivity index is 1.73. The molecule has 0 aliphatic rings. The molecule has 1 amide bonds. The Morgan fingerprint density at radius 1 is 0.893 bits per heavy atom. The van der Waals surface area contributed by atoms with Gasteiger partial charge in [0.25, 0.3) is 5.91 Å². The van der Waals surface area contributed by atoms with E-state index in [2.05, 4.69) is 21.5 Å². The highest BCUT2D eigenvalue weighted by Crippen LogP contribution is 2.25. The lowest BCUT2D eigenvalue weighted by molar-refractivity contribution is -0.128. The molecule has 1 N–H and O–H groups in total. The fourth-order valence-electron chi connectivity index (χ4n) is 2.47. The van der Waals surface area contributed by atoms with Gasteiger partial charge in [-0.05, 0) is 36.4 Å². The largest absolute Gasteiger partial charge is 0.476 e. The zero-order valence-electron chi connectivity index (χ0n) is 15.2. The first-order chi connectivity index (χ1) is 13.8. The molecule has 0 saturated heterocycles. The highest BCUT2D eigenvalue weighted by Gasteiger charge is 2.22. The fourth-order valence-corrected chi connectivity index (χ4v) is 2.47. The third kappa shape index (κ3) is 5.29. The summed E-state index contributed by atoms with van der Waals surface area (Å²) in [5.41, 5.74) is 2.20. The molecule has 28 heavy (non-hydrogen) atoms. The molecule has 138 valence electrons. The molecule has 3 rings (SSSR count). The highest BCUT2D eigenvalue weighted by atomic mass is 16.5. The van der Waals surface area contributed by atoms with Crippen LogP contribution in [0.15, 0.2) is 95.2 Å². The van der Waals surface area contributed by atoms with E-state index < -0.39 is 6.10 Å². The number of ether oxygens (including phenoxy) is 1. The summed E-state index contributed by atoms with van der Waals surface area (Å²) < 4.78 is 5.92. The van der Waals surface area contributed by atoms with Crippen LogP contribution in [-0.4, -0.2) is 12.5 Å². The molecule has 0 unspecified atom stereocenters. The van der Waals surface area contributed by atoms with Gasteiger partial charge >= 0.3 is 0 Å². The molecule has 5 nitrogen and oxygen atoms in total. The lowest BCUT2D eigenvalue weighted by Gasteiger charge is -2.18. The van der Waals surface area contributed by atoms with Crippen LogP contribution < -0.4 is 10.1 Å². The second kappa shape index (κ2) is 9.70. The van der Waals surface area contributed by atoms with Crippen LogP contribution in [0, 0.1) is 12.3 Å². The van der Waals surface area contributed by atoms with E-state index in [1.54, 1.807) is 24.3 Å². The van der Waals surface area contributed by atoms with Crippen LogP contribution in [0.25, 0.3) is 0 Å². The van der Waals surface area contributed by atoms with Crippen molar-refractivity contribution in [3.05, 3.63) is 90.5 Å². The number of benzene rings is 3. The number of nitrogens with zero attached hydrogens (tertiary/aromatic N) is 2. The number of rotatable bonds is 7.